The Balaban J connectivity index is 4.98. The number of halogens is 1. The smallest absolute Gasteiger partial charge is 0.362 e. The molecule has 0 aliphatic heterocycles. The first-order valence-corrected chi connectivity index (χ1v) is 5.46. The van der Waals surface area contributed by atoms with Gasteiger partial charge in [-0.1, -0.05) is 6.92 Å². The number of alkyl halides is 1. The zero-order chi connectivity index (χ0) is 11.6. The maximum atomic E-state index is 13.5. The fraction of sp³-hybridized carbons (Fsp3) is 0.857. The zero-order valence-corrected chi connectivity index (χ0v) is 8.97. The zero-order valence-electron chi connectivity index (χ0n) is 8.15. The molecule has 0 radical (unpaired) electrons. The van der Waals surface area contributed by atoms with Crippen LogP contribution in [-0.4, -0.2) is 30.0 Å². The monoisotopic (exact) mass is 228 g/mol. The Morgan fingerprint density at radius 2 is 2.00 bits per heavy atom. The Kier molecular flexibility index (Phi) is 4.01. The largest absolute Gasteiger partial charge is 0.460 e. The van der Waals surface area contributed by atoms with Crippen molar-refractivity contribution in [3.63, 3.8) is 0 Å². The first-order chi connectivity index (χ1) is 6.15. The van der Waals surface area contributed by atoms with Crippen molar-refractivity contribution in [1.29, 1.82) is 0 Å². The lowest BCUT2D eigenvalue weighted by Gasteiger charge is -2.19. The van der Waals surface area contributed by atoms with E-state index in [1.54, 1.807) is 0 Å². The molecule has 0 rings (SSSR count). The summed E-state index contributed by atoms with van der Waals surface area (Å²) in [6, 6.07) is 0. The van der Waals surface area contributed by atoms with Crippen LogP contribution >= 0.6 is 0 Å². The molecule has 7 heteroatoms. The molecule has 0 aromatic carbocycles. The van der Waals surface area contributed by atoms with E-state index in [4.69, 9.17) is 4.55 Å². The van der Waals surface area contributed by atoms with Gasteiger partial charge in [0.25, 0.3) is 0 Å². The number of hydrogen-bond donors (Lipinski definition) is 1. The van der Waals surface area contributed by atoms with E-state index >= 15 is 0 Å². The summed E-state index contributed by atoms with van der Waals surface area (Å²) < 4.78 is 47.5. The third-order valence-electron chi connectivity index (χ3n) is 1.51. The van der Waals surface area contributed by atoms with Gasteiger partial charge in [0.05, 0.1) is 6.10 Å². The molecule has 1 N–H and O–H groups in total. The van der Waals surface area contributed by atoms with Crippen molar-refractivity contribution in [2.75, 3.05) is 0 Å². The van der Waals surface area contributed by atoms with Gasteiger partial charge in [-0.2, -0.15) is 8.42 Å². The normalized spacial score (nSPS) is 16.4. The summed E-state index contributed by atoms with van der Waals surface area (Å²) in [5.41, 5.74) is 0. The fourth-order valence-corrected chi connectivity index (χ4v) is 1.36. The minimum Gasteiger partial charge on any atom is -0.460 e. The fourth-order valence-electron chi connectivity index (χ4n) is 0.734. The molecule has 1 unspecified atom stereocenters. The average molecular weight is 228 g/mol. The Morgan fingerprint density at radius 1 is 1.57 bits per heavy atom. The molecule has 5 nitrogen and oxygen atoms in total. The van der Waals surface area contributed by atoms with Crippen molar-refractivity contribution in [2.45, 2.75) is 38.3 Å². The lowest BCUT2D eigenvalue weighted by atomic mass is 10.3. The highest BCUT2D eigenvalue weighted by Gasteiger charge is 2.51. The van der Waals surface area contributed by atoms with E-state index in [2.05, 4.69) is 4.74 Å². The molecule has 0 spiro atoms. The molecule has 0 saturated heterocycles. The van der Waals surface area contributed by atoms with E-state index in [0.717, 1.165) is 6.92 Å². The van der Waals surface area contributed by atoms with E-state index in [1.165, 1.54) is 13.8 Å². The Labute approximate surface area is 82.0 Å². The second kappa shape index (κ2) is 4.22. The van der Waals surface area contributed by atoms with Crippen LogP contribution in [0.2, 0.25) is 0 Å². The molecule has 0 aliphatic rings. The van der Waals surface area contributed by atoms with E-state index in [9.17, 15) is 17.6 Å². The van der Waals surface area contributed by atoms with E-state index in [-0.39, 0.29) is 0 Å². The molecule has 0 aromatic rings. The van der Waals surface area contributed by atoms with Crippen LogP contribution < -0.4 is 0 Å². The van der Waals surface area contributed by atoms with Crippen molar-refractivity contribution in [2.24, 2.45) is 0 Å². The maximum Gasteiger partial charge on any atom is 0.362 e. The predicted octanol–water partition coefficient (Wildman–Crippen LogP) is 0.902. The van der Waals surface area contributed by atoms with Crippen molar-refractivity contribution in [3.8, 4) is 0 Å². The first-order valence-electron chi connectivity index (χ1n) is 4.02. The summed E-state index contributed by atoms with van der Waals surface area (Å²) in [6.07, 6.45) is -1.34. The van der Waals surface area contributed by atoms with Gasteiger partial charge in [0, 0.05) is 6.42 Å². The van der Waals surface area contributed by atoms with Gasteiger partial charge in [0.15, 0.2) is 0 Å². The van der Waals surface area contributed by atoms with E-state index in [0.29, 0.717) is 0 Å². The van der Waals surface area contributed by atoms with Gasteiger partial charge in [-0.05, 0) is 13.8 Å². The molecule has 0 heterocycles. The van der Waals surface area contributed by atoms with Crippen molar-refractivity contribution >= 4 is 16.1 Å². The Morgan fingerprint density at radius 3 is 2.21 bits per heavy atom. The topological polar surface area (TPSA) is 80.7 Å². The van der Waals surface area contributed by atoms with Gasteiger partial charge in [-0.3, -0.25) is 4.55 Å². The number of rotatable bonds is 4. The summed E-state index contributed by atoms with van der Waals surface area (Å²) in [4.78, 5) is 11.0. The van der Waals surface area contributed by atoms with Gasteiger partial charge < -0.3 is 4.74 Å². The van der Waals surface area contributed by atoms with Crippen molar-refractivity contribution in [1.82, 2.24) is 0 Å². The van der Waals surface area contributed by atoms with Crippen LogP contribution in [0.25, 0.3) is 0 Å². The first kappa shape index (κ1) is 13.3. The van der Waals surface area contributed by atoms with Crippen LogP contribution in [0, 0.1) is 0 Å². The molecular weight excluding hydrogens is 215 g/mol. The van der Waals surface area contributed by atoms with Crippen LogP contribution in [0.3, 0.4) is 0 Å². The molecule has 84 valence electrons. The number of esters is 1. The van der Waals surface area contributed by atoms with Crippen LogP contribution in [-0.2, 0) is 19.6 Å². The summed E-state index contributed by atoms with van der Waals surface area (Å²) >= 11 is 0. The van der Waals surface area contributed by atoms with Crippen LogP contribution in [0.5, 0.6) is 0 Å². The minimum atomic E-state index is -5.10. The molecule has 14 heavy (non-hydrogen) atoms. The van der Waals surface area contributed by atoms with Gasteiger partial charge in [-0.25, -0.2) is 9.18 Å². The summed E-state index contributed by atoms with van der Waals surface area (Å²) in [5.74, 6) is -1.59. The third-order valence-corrected chi connectivity index (χ3v) is 2.78. The highest BCUT2D eigenvalue weighted by Crippen LogP contribution is 2.25. The SMILES string of the molecule is CCC(F)(C(=O)OC(C)C)S(=O)(=O)O. The maximum absolute atomic E-state index is 13.5. The standard InChI is InChI=1S/C7H13FO5S/c1-4-7(8,14(10,11)12)6(9)13-5(2)3/h5H,4H2,1-3H3,(H,10,11,12). The molecule has 0 aromatic heterocycles. The molecule has 1 atom stereocenters. The summed E-state index contributed by atoms with van der Waals surface area (Å²) in [6.45, 7) is 4.01. The number of hydrogen-bond acceptors (Lipinski definition) is 4. The van der Waals surface area contributed by atoms with Crippen LogP contribution in [0.4, 0.5) is 4.39 Å². The number of carbonyl (C=O) groups is 1. The van der Waals surface area contributed by atoms with Gasteiger partial charge in [-0.15, -0.1) is 0 Å². The minimum absolute atomic E-state index is 0.647. The molecule has 0 bridgehead atoms. The van der Waals surface area contributed by atoms with E-state index < -0.39 is 33.6 Å². The highest BCUT2D eigenvalue weighted by molar-refractivity contribution is 7.87. The Bertz CT molecular complexity index is 310. The molecule has 0 fully saturated rings. The molecular formula is C7H13FO5S. The van der Waals surface area contributed by atoms with Crippen LogP contribution in [0.15, 0.2) is 0 Å². The van der Waals surface area contributed by atoms with Gasteiger partial charge >= 0.3 is 21.1 Å². The number of ether oxygens (including phenoxy) is 1. The van der Waals surface area contributed by atoms with E-state index in [1.807, 2.05) is 0 Å². The second-order valence-corrected chi connectivity index (χ2v) is 4.61. The lowest BCUT2D eigenvalue weighted by Crippen LogP contribution is -2.43. The van der Waals surface area contributed by atoms with Crippen molar-refractivity contribution in [3.05, 3.63) is 0 Å². The Hall–Kier alpha value is -0.690. The second-order valence-electron chi connectivity index (χ2n) is 3.01. The quantitative estimate of drug-likeness (QED) is 0.571. The average Bonchev–Trinajstić information content (AvgIpc) is 1.99. The summed E-state index contributed by atoms with van der Waals surface area (Å²) in [7, 11) is -5.10. The highest BCUT2D eigenvalue weighted by atomic mass is 32.2. The van der Waals surface area contributed by atoms with Gasteiger partial charge in [0.1, 0.15) is 0 Å². The predicted molar refractivity (Wildman–Crippen MR) is 46.9 cm³/mol. The molecule has 0 aliphatic carbocycles. The lowest BCUT2D eigenvalue weighted by molar-refractivity contribution is -0.156. The van der Waals surface area contributed by atoms with Crippen LogP contribution in [0.1, 0.15) is 27.2 Å². The van der Waals surface area contributed by atoms with Gasteiger partial charge in [0.2, 0.25) is 0 Å². The third kappa shape index (κ3) is 2.65. The number of carbonyl (C=O) groups excluding carboxylic acids is 1. The van der Waals surface area contributed by atoms with Crippen molar-refractivity contribution < 1.29 is 26.9 Å². The molecule has 0 saturated carbocycles. The molecule has 0 amide bonds. The summed E-state index contributed by atoms with van der Waals surface area (Å²) in [5, 5.41) is -3.36.